The van der Waals surface area contributed by atoms with E-state index in [0.29, 0.717) is 11.6 Å². The second kappa shape index (κ2) is 5.02. The maximum atomic E-state index is 13.4. The first-order valence-electron chi connectivity index (χ1n) is 6.57. The molecule has 0 spiro atoms. The van der Waals surface area contributed by atoms with Crippen LogP contribution >= 0.6 is 11.3 Å². The van der Waals surface area contributed by atoms with Crippen molar-refractivity contribution in [2.75, 3.05) is 0 Å². The molecule has 1 saturated carbocycles. The fourth-order valence-corrected chi connectivity index (χ4v) is 3.03. The van der Waals surface area contributed by atoms with Crippen LogP contribution in [0.15, 0.2) is 23.6 Å². The van der Waals surface area contributed by atoms with E-state index in [1.807, 2.05) is 19.1 Å². The second-order valence-electron chi connectivity index (χ2n) is 5.21. The molecule has 2 aromatic rings. The Bertz CT molecular complexity index is 590. The van der Waals surface area contributed by atoms with Crippen LogP contribution in [0.2, 0.25) is 0 Å². The maximum Gasteiger partial charge on any atom is 0.126 e. The third-order valence-electron chi connectivity index (χ3n) is 3.38. The molecule has 1 N–H and O–H groups in total. The lowest BCUT2D eigenvalue weighted by atomic mass is 10.0. The number of nitrogens with one attached hydrogen (secondary N) is 1. The normalized spacial score (nSPS) is 16.6. The first-order chi connectivity index (χ1) is 9.13. The summed E-state index contributed by atoms with van der Waals surface area (Å²) in [6.07, 6.45) is 2.45. The highest BCUT2D eigenvalue weighted by Crippen LogP contribution is 2.31. The van der Waals surface area contributed by atoms with Gasteiger partial charge in [0.1, 0.15) is 10.8 Å². The van der Waals surface area contributed by atoms with E-state index in [1.165, 1.54) is 12.8 Å². The van der Waals surface area contributed by atoms with E-state index in [-0.39, 0.29) is 11.9 Å². The lowest BCUT2D eigenvalue weighted by molar-refractivity contribution is 0.588. The van der Waals surface area contributed by atoms with Crippen molar-refractivity contribution in [1.82, 2.24) is 10.3 Å². The van der Waals surface area contributed by atoms with Gasteiger partial charge in [-0.05, 0) is 43.9 Å². The summed E-state index contributed by atoms with van der Waals surface area (Å²) >= 11 is 1.66. The minimum absolute atomic E-state index is 0.0884. The maximum absolute atomic E-state index is 13.4. The van der Waals surface area contributed by atoms with Crippen molar-refractivity contribution in [3.63, 3.8) is 0 Å². The Morgan fingerprint density at radius 2 is 2.16 bits per heavy atom. The van der Waals surface area contributed by atoms with Crippen LogP contribution in [0.5, 0.6) is 0 Å². The molecule has 1 atom stereocenters. The SMILES string of the molecule is Cc1csc(C(NC2CC2)c2ccc(F)c(C)c2)n1. The number of hydrogen-bond acceptors (Lipinski definition) is 3. The smallest absolute Gasteiger partial charge is 0.126 e. The molecule has 1 fully saturated rings. The van der Waals surface area contributed by atoms with Gasteiger partial charge in [0, 0.05) is 17.1 Å². The van der Waals surface area contributed by atoms with Crippen LogP contribution in [0.25, 0.3) is 0 Å². The largest absolute Gasteiger partial charge is 0.301 e. The summed E-state index contributed by atoms with van der Waals surface area (Å²) in [6, 6.07) is 6.00. The molecule has 19 heavy (non-hydrogen) atoms. The average Bonchev–Trinajstić information content (AvgIpc) is 3.11. The van der Waals surface area contributed by atoms with Gasteiger partial charge in [-0.1, -0.05) is 12.1 Å². The zero-order chi connectivity index (χ0) is 13.4. The molecule has 1 aromatic heterocycles. The number of rotatable bonds is 4. The summed E-state index contributed by atoms with van der Waals surface area (Å²) in [7, 11) is 0. The molecular weight excluding hydrogens is 259 g/mol. The fraction of sp³-hybridized carbons (Fsp3) is 0.400. The van der Waals surface area contributed by atoms with Crippen molar-refractivity contribution < 1.29 is 4.39 Å². The van der Waals surface area contributed by atoms with Gasteiger partial charge in [-0.15, -0.1) is 11.3 Å². The number of halogens is 1. The Morgan fingerprint density at radius 1 is 1.37 bits per heavy atom. The number of aromatic nitrogens is 1. The summed E-state index contributed by atoms with van der Waals surface area (Å²) in [4.78, 5) is 4.58. The third-order valence-corrected chi connectivity index (χ3v) is 4.41. The van der Waals surface area contributed by atoms with E-state index in [2.05, 4.69) is 15.7 Å². The third kappa shape index (κ3) is 2.85. The number of hydrogen-bond donors (Lipinski definition) is 1. The van der Waals surface area contributed by atoms with Crippen molar-refractivity contribution in [3.8, 4) is 0 Å². The van der Waals surface area contributed by atoms with Crippen LogP contribution in [0.4, 0.5) is 4.39 Å². The molecule has 0 saturated heterocycles. The monoisotopic (exact) mass is 276 g/mol. The molecule has 1 heterocycles. The van der Waals surface area contributed by atoms with Gasteiger partial charge in [0.05, 0.1) is 6.04 Å². The molecule has 100 valence electrons. The number of benzene rings is 1. The molecule has 0 amide bonds. The van der Waals surface area contributed by atoms with E-state index < -0.39 is 0 Å². The Balaban J connectivity index is 1.95. The van der Waals surface area contributed by atoms with Gasteiger partial charge in [0.25, 0.3) is 0 Å². The summed E-state index contributed by atoms with van der Waals surface area (Å²) in [5.74, 6) is -0.149. The topological polar surface area (TPSA) is 24.9 Å². The predicted octanol–water partition coefficient (Wildman–Crippen LogP) is 3.74. The summed E-state index contributed by atoms with van der Waals surface area (Å²) in [5.41, 5.74) is 2.83. The van der Waals surface area contributed by atoms with Crippen LogP contribution in [-0.2, 0) is 0 Å². The van der Waals surface area contributed by atoms with Gasteiger partial charge in [-0.2, -0.15) is 0 Å². The van der Waals surface area contributed by atoms with Crippen LogP contribution in [0, 0.1) is 19.7 Å². The molecule has 1 aromatic carbocycles. The number of aryl methyl sites for hydroxylation is 2. The van der Waals surface area contributed by atoms with Gasteiger partial charge in [0.15, 0.2) is 0 Å². The highest BCUT2D eigenvalue weighted by Gasteiger charge is 2.28. The van der Waals surface area contributed by atoms with Crippen molar-refractivity contribution in [2.24, 2.45) is 0 Å². The molecule has 0 radical (unpaired) electrons. The molecule has 1 aliphatic rings. The van der Waals surface area contributed by atoms with Crippen LogP contribution in [0.3, 0.4) is 0 Å². The van der Waals surface area contributed by atoms with Crippen molar-refractivity contribution in [3.05, 3.63) is 51.2 Å². The van der Waals surface area contributed by atoms with Crippen LogP contribution in [-0.4, -0.2) is 11.0 Å². The Morgan fingerprint density at radius 3 is 2.74 bits per heavy atom. The minimum atomic E-state index is -0.149. The average molecular weight is 276 g/mol. The Labute approximate surface area is 116 Å². The van der Waals surface area contributed by atoms with Gasteiger partial charge in [0.2, 0.25) is 0 Å². The molecule has 4 heteroatoms. The Kier molecular flexibility index (Phi) is 3.37. The van der Waals surface area contributed by atoms with Gasteiger partial charge in [-0.3, -0.25) is 0 Å². The van der Waals surface area contributed by atoms with Gasteiger partial charge >= 0.3 is 0 Å². The minimum Gasteiger partial charge on any atom is -0.301 e. The van der Waals surface area contributed by atoms with Crippen LogP contribution < -0.4 is 5.32 Å². The second-order valence-corrected chi connectivity index (χ2v) is 6.10. The van der Waals surface area contributed by atoms with Crippen LogP contribution in [0.1, 0.15) is 40.7 Å². The quantitative estimate of drug-likeness (QED) is 0.920. The van der Waals surface area contributed by atoms with Crippen molar-refractivity contribution in [2.45, 2.75) is 38.8 Å². The molecule has 1 unspecified atom stereocenters. The highest BCUT2D eigenvalue weighted by molar-refractivity contribution is 7.09. The number of nitrogens with zero attached hydrogens (tertiary/aromatic N) is 1. The summed E-state index contributed by atoms with van der Waals surface area (Å²) in [5, 5.41) is 6.74. The standard InChI is InChI=1S/C15H17FN2S/c1-9-7-11(3-6-13(9)16)14(18-12-4-5-12)15-17-10(2)8-19-15/h3,6-8,12,14,18H,4-5H2,1-2H3. The highest BCUT2D eigenvalue weighted by atomic mass is 32.1. The van der Waals surface area contributed by atoms with E-state index in [1.54, 1.807) is 24.3 Å². The molecule has 0 bridgehead atoms. The molecule has 2 nitrogen and oxygen atoms in total. The summed E-state index contributed by atoms with van der Waals surface area (Å²) in [6.45, 7) is 3.81. The first kappa shape index (κ1) is 12.8. The van der Waals surface area contributed by atoms with E-state index >= 15 is 0 Å². The van der Waals surface area contributed by atoms with E-state index in [9.17, 15) is 4.39 Å². The molecule has 3 rings (SSSR count). The zero-order valence-corrected chi connectivity index (χ0v) is 11.9. The lowest BCUT2D eigenvalue weighted by Crippen LogP contribution is -2.24. The van der Waals surface area contributed by atoms with E-state index in [0.717, 1.165) is 16.3 Å². The Hall–Kier alpha value is -1.26. The first-order valence-corrected chi connectivity index (χ1v) is 7.45. The molecular formula is C15H17FN2S. The molecule has 0 aliphatic heterocycles. The number of thiazole rings is 1. The van der Waals surface area contributed by atoms with Crippen molar-refractivity contribution >= 4 is 11.3 Å². The van der Waals surface area contributed by atoms with Gasteiger partial charge < -0.3 is 5.32 Å². The zero-order valence-electron chi connectivity index (χ0n) is 11.1. The summed E-state index contributed by atoms with van der Waals surface area (Å²) < 4.78 is 13.4. The lowest BCUT2D eigenvalue weighted by Gasteiger charge is -2.17. The fourth-order valence-electron chi connectivity index (χ4n) is 2.15. The van der Waals surface area contributed by atoms with E-state index in [4.69, 9.17) is 0 Å². The van der Waals surface area contributed by atoms with Gasteiger partial charge in [-0.25, -0.2) is 9.37 Å². The van der Waals surface area contributed by atoms with Crippen molar-refractivity contribution in [1.29, 1.82) is 0 Å². The molecule has 1 aliphatic carbocycles. The predicted molar refractivity (Wildman–Crippen MR) is 76.0 cm³/mol.